The lowest BCUT2D eigenvalue weighted by Gasteiger charge is -2.39. The predicted octanol–water partition coefficient (Wildman–Crippen LogP) is 4.64. The van der Waals surface area contributed by atoms with E-state index in [0.29, 0.717) is 0 Å². The summed E-state index contributed by atoms with van der Waals surface area (Å²) < 4.78 is 0. The first-order valence-corrected chi connectivity index (χ1v) is 14.8. The van der Waals surface area contributed by atoms with Crippen molar-refractivity contribution in [2.75, 3.05) is 0 Å². The molecule has 0 bridgehead atoms. The van der Waals surface area contributed by atoms with Crippen molar-refractivity contribution >= 4 is 42.1 Å². The molecule has 0 fully saturated rings. The fourth-order valence-corrected chi connectivity index (χ4v) is 8.71. The van der Waals surface area contributed by atoms with Crippen molar-refractivity contribution in [3.63, 3.8) is 0 Å². The molecule has 0 radical (unpaired) electrons. The van der Waals surface area contributed by atoms with Gasteiger partial charge < -0.3 is 0 Å². The molecular weight excluding hydrogens is 332 g/mol. The van der Waals surface area contributed by atoms with E-state index >= 15 is 0 Å². The van der Waals surface area contributed by atoms with Crippen LogP contribution in [0.5, 0.6) is 0 Å². The highest BCUT2D eigenvalue weighted by atomic mass is 35.6. The van der Waals surface area contributed by atoms with Crippen LogP contribution < -0.4 is 15.6 Å². The van der Waals surface area contributed by atoms with Gasteiger partial charge in [-0.15, -0.1) is 0 Å². The Bertz CT molecular complexity index is 681. The monoisotopic (exact) mass is 360 g/mol. The Balaban J connectivity index is 2.75. The third-order valence-electron chi connectivity index (χ3n) is 4.55. The van der Waals surface area contributed by atoms with Gasteiger partial charge in [-0.25, -0.2) is 0 Å². The molecule has 0 aliphatic carbocycles. The molecule has 2 rings (SSSR count). The normalized spacial score (nSPS) is 15.3. The lowest BCUT2D eigenvalue weighted by molar-refractivity contribution is 0.744. The molecule has 0 saturated carbocycles. The van der Waals surface area contributed by atoms with E-state index in [1.54, 1.807) is 0 Å². The summed E-state index contributed by atoms with van der Waals surface area (Å²) >= 11 is 7.51. The van der Waals surface area contributed by atoms with E-state index in [9.17, 15) is 0 Å². The van der Waals surface area contributed by atoms with Crippen molar-refractivity contribution in [2.24, 2.45) is 0 Å². The van der Waals surface area contributed by atoms with E-state index < -0.39 is 15.5 Å². The zero-order valence-electron chi connectivity index (χ0n) is 15.5. The molecule has 3 heteroatoms. The maximum absolute atomic E-state index is 7.51. The zero-order valence-corrected chi connectivity index (χ0v) is 18.3. The Morgan fingerprint density at radius 3 is 1.78 bits per heavy atom. The Morgan fingerprint density at radius 1 is 0.783 bits per heavy atom. The molecule has 0 spiro atoms. The Morgan fingerprint density at radius 2 is 1.30 bits per heavy atom. The Hall–Kier alpha value is -0.836. The lowest BCUT2D eigenvalue weighted by atomic mass is 10.2. The predicted molar refractivity (Wildman–Crippen MR) is 111 cm³/mol. The van der Waals surface area contributed by atoms with Crippen LogP contribution in [0.3, 0.4) is 0 Å². The van der Waals surface area contributed by atoms with E-state index in [1.807, 2.05) is 0 Å². The summed E-state index contributed by atoms with van der Waals surface area (Å²) in [5.41, 5.74) is 1.33. The molecule has 0 nitrogen and oxygen atoms in total. The van der Waals surface area contributed by atoms with Gasteiger partial charge in [0, 0.05) is 0 Å². The summed E-state index contributed by atoms with van der Waals surface area (Å²) in [7, 11) is -3.72. The maximum atomic E-state index is 7.51. The van der Waals surface area contributed by atoms with Gasteiger partial charge in [0.05, 0.1) is 8.07 Å². The topological polar surface area (TPSA) is 0 Å². The van der Waals surface area contributed by atoms with Gasteiger partial charge in [-0.3, -0.25) is 0 Å². The van der Waals surface area contributed by atoms with Gasteiger partial charge in [-0.05, 0) is 22.3 Å². The minimum Gasteiger partial charge on any atom is -0.154 e. The van der Waals surface area contributed by atoms with Crippen LogP contribution in [-0.2, 0) is 0 Å². The Labute approximate surface area is 148 Å². The van der Waals surface area contributed by atoms with Gasteiger partial charge in [-0.2, -0.15) is 11.1 Å². The van der Waals surface area contributed by atoms with Crippen LogP contribution in [0.15, 0.2) is 48.5 Å². The fourth-order valence-electron chi connectivity index (χ4n) is 3.12. The molecule has 1 atom stereocenters. The first-order valence-electron chi connectivity index (χ1n) is 8.33. The van der Waals surface area contributed by atoms with Crippen LogP contribution in [0.4, 0.5) is 0 Å². The highest BCUT2D eigenvalue weighted by Crippen LogP contribution is 2.38. The van der Waals surface area contributed by atoms with Gasteiger partial charge in [0.15, 0.2) is 0 Å². The highest BCUT2D eigenvalue weighted by Gasteiger charge is 2.47. The van der Waals surface area contributed by atoms with Crippen molar-refractivity contribution in [3.8, 4) is 0 Å². The average molecular weight is 361 g/mol. The highest BCUT2D eigenvalue weighted by molar-refractivity contribution is 7.35. The van der Waals surface area contributed by atoms with Crippen molar-refractivity contribution in [3.05, 3.63) is 54.1 Å². The molecule has 0 N–H and O–H groups in total. The zero-order chi connectivity index (χ0) is 17.5. The average Bonchev–Trinajstić information content (AvgIpc) is 2.44. The molecule has 2 aromatic rings. The van der Waals surface area contributed by atoms with Crippen molar-refractivity contribution in [1.82, 2.24) is 0 Å². The van der Waals surface area contributed by atoms with Crippen LogP contribution in [0.2, 0.25) is 24.7 Å². The minimum absolute atomic E-state index is 0.0421. The first kappa shape index (κ1) is 18.5. The lowest BCUT2D eigenvalue weighted by Crippen LogP contribution is -2.61. The summed E-state index contributed by atoms with van der Waals surface area (Å²) in [4.78, 5) is 0. The molecule has 0 aromatic heterocycles. The standard InChI is InChI=1S/C20H29ClSi2/c1-16-13-18(22(5,6)7)15-19(14-16)23(21,20(2,3)4)17-11-9-8-10-12-17/h8-15H,1-7H3. The van der Waals surface area contributed by atoms with Crippen molar-refractivity contribution in [1.29, 1.82) is 0 Å². The van der Waals surface area contributed by atoms with E-state index in [2.05, 4.69) is 95.9 Å². The summed E-state index contributed by atoms with van der Waals surface area (Å²) in [5.74, 6) is 0. The molecule has 0 heterocycles. The fraction of sp³-hybridized carbons (Fsp3) is 0.400. The van der Waals surface area contributed by atoms with Crippen molar-refractivity contribution in [2.45, 2.75) is 52.4 Å². The third-order valence-corrected chi connectivity index (χ3v) is 13.9. The number of benzene rings is 2. The molecular formula is C20H29ClSi2. The van der Waals surface area contributed by atoms with E-state index in [4.69, 9.17) is 11.1 Å². The second-order valence-electron chi connectivity index (χ2n) is 8.61. The second kappa shape index (κ2) is 6.23. The molecule has 0 aliphatic rings. The summed E-state index contributed by atoms with van der Waals surface area (Å²) in [6.07, 6.45) is 0. The number of halogens is 1. The molecule has 0 saturated heterocycles. The Kier molecular flexibility index (Phi) is 5.01. The smallest absolute Gasteiger partial charge is 0.154 e. The van der Waals surface area contributed by atoms with Gasteiger partial charge in [0.1, 0.15) is 0 Å². The van der Waals surface area contributed by atoms with Crippen LogP contribution in [-0.4, -0.2) is 15.5 Å². The molecule has 0 amide bonds. The van der Waals surface area contributed by atoms with Crippen LogP contribution >= 0.6 is 11.1 Å². The molecule has 23 heavy (non-hydrogen) atoms. The minimum atomic E-state index is -2.35. The summed E-state index contributed by atoms with van der Waals surface area (Å²) in [6.45, 7) is 16.3. The van der Waals surface area contributed by atoms with Crippen LogP contribution in [0.1, 0.15) is 26.3 Å². The molecule has 124 valence electrons. The first-order chi connectivity index (χ1) is 10.5. The van der Waals surface area contributed by atoms with Gasteiger partial charge >= 0.3 is 0 Å². The number of hydrogen-bond acceptors (Lipinski definition) is 0. The van der Waals surface area contributed by atoms with E-state index in [-0.39, 0.29) is 5.04 Å². The van der Waals surface area contributed by atoms with Gasteiger partial charge in [0.25, 0.3) is 0 Å². The van der Waals surface area contributed by atoms with Crippen molar-refractivity contribution < 1.29 is 0 Å². The molecule has 1 unspecified atom stereocenters. The summed E-state index contributed by atoms with van der Waals surface area (Å²) in [5, 5.41) is 4.21. The third kappa shape index (κ3) is 3.65. The number of rotatable bonds is 3. The van der Waals surface area contributed by atoms with Crippen LogP contribution in [0.25, 0.3) is 0 Å². The number of aryl methyl sites for hydroxylation is 1. The summed E-state index contributed by atoms with van der Waals surface area (Å²) in [6, 6.07) is 17.8. The molecule has 2 aromatic carbocycles. The SMILES string of the molecule is Cc1cc([Si](C)(C)C)cc([Si](Cl)(c2ccccc2)C(C)(C)C)c1. The second-order valence-corrected chi connectivity index (χ2v) is 19.4. The van der Waals surface area contributed by atoms with E-state index in [0.717, 1.165) is 0 Å². The largest absolute Gasteiger partial charge is 0.222 e. The van der Waals surface area contributed by atoms with Gasteiger partial charge in [0.2, 0.25) is 7.38 Å². The van der Waals surface area contributed by atoms with Crippen LogP contribution in [0, 0.1) is 6.92 Å². The maximum Gasteiger partial charge on any atom is 0.222 e. The van der Waals surface area contributed by atoms with Gasteiger partial charge in [-0.1, -0.05) is 99.7 Å². The quantitative estimate of drug-likeness (QED) is 0.552. The molecule has 0 aliphatic heterocycles. The van der Waals surface area contributed by atoms with E-state index in [1.165, 1.54) is 21.1 Å². The number of hydrogen-bond donors (Lipinski definition) is 0.